The highest BCUT2D eigenvalue weighted by Gasteiger charge is 2.12. The molecule has 0 atom stereocenters. The smallest absolute Gasteiger partial charge is 0.221 e. The van der Waals surface area contributed by atoms with Gasteiger partial charge < -0.3 is 15.4 Å². The molecule has 0 aliphatic heterocycles. The van der Waals surface area contributed by atoms with E-state index in [1.807, 2.05) is 72.8 Å². The standard InChI is InChI=1S/C22H20N4O2/c1-15(27)24-17-12-10-16(11-13-17)14-23-22-21-19(25-26-22)8-5-9-20(21)28-18-6-3-2-4-7-18/h2-13H,14H2,1H3,(H,24,27)(H2,23,25,26). The number of aromatic nitrogens is 2. The van der Waals surface area contributed by atoms with Gasteiger partial charge in [0.05, 0.1) is 10.9 Å². The van der Waals surface area contributed by atoms with Crippen LogP contribution in [0.4, 0.5) is 11.5 Å². The SMILES string of the molecule is CC(=O)Nc1ccc(CNc2n[nH]c3cccc(Oc4ccccc4)c23)cc1. The third-order valence-electron chi connectivity index (χ3n) is 4.26. The number of hydrogen-bond acceptors (Lipinski definition) is 4. The molecule has 0 radical (unpaired) electrons. The number of para-hydroxylation sites is 1. The largest absolute Gasteiger partial charge is 0.457 e. The van der Waals surface area contributed by atoms with E-state index in [9.17, 15) is 4.79 Å². The molecule has 6 heteroatoms. The minimum atomic E-state index is -0.0835. The van der Waals surface area contributed by atoms with E-state index in [1.54, 1.807) is 0 Å². The Bertz CT molecular complexity index is 1090. The van der Waals surface area contributed by atoms with Gasteiger partial charge in [-0.3, -0.25) is 9.89 Å². The molecule has 1 heterocycles. The van der Waals surface area contributed by atoms with Gasteiger partial charge in [0.1, 0.15) is 11.5 Å². The number of ether oxygens (including phenoxy) is 1. The number of H-pyrrole nitrogens is 1. The molecule has 3 N–H and O–H groups in total. The van der Waals surface area contributed by atoms with Crippen molar-refractivity contribution in [1.82, 2.24) is 10.2 Å². The molecule has 0 spiro atoms. The fourth-order valence-electron chi connectivity index (χ4n) is 2.96. The van der Waals surface area contributed by atoms with Gasteiger partial charge in [-0.05, 0) is 42.0 Å². The summed E-state index contributed by atoms with van der Waals surface area (Å²) in [6, 6.07) is 23.2. The van der Waals surface area contributed by atoms with Gasteiger partial charge in [0.25, 0.3) is 0 Å². The minimum absolute atomic E-state index is 0.0835. The number of amides is 1. The second-order valence-electron chi connectivity index (χ2n) is 6.40. The third kappa shape index (κ3) is 3.96. The zero-order valence-electron chi connectivity index (χ0n) is 15.4. The molecule has 3 aromatic carbocycles. The zero-order chi connectivity index (χ0) is 19.3. The fraction of sp³-hybridized carbons (Fsp3) is 0.0909. The summed E-state index contributed by atoms with van der Waals surface area (Å²) in [7, 11) is 0. The lowest BCUT2D eigenvalue weighted by Crippen LogP contribution is -2.06. The number of fused-ring (bicyclic) bond motifs is 1. The molecular formula is C22H20N4O2. The first-order chi connectivity index (χ1) is 13.7. The van der Waals surface area contributed by atoms with Gasteiger partial charge in [-0.1, -0.05) is 36.4 Å². The summed E-state index contributed by atoms with van der Waals surface area (Å²) in [4.78, 5) is 11.1. The molecule has 140 valence electrons. The molecule has 4 aromatic rings. The minimum Gasteiger partial charge on any atom is -0.457 e. The van der Waals surface area contributed by atoms with Crippen molar-refractivity contribution >= 4 is 28.3 Å². The van der Waals surface area contributed by atoms with E-state index in [1.165, 1.54) is 6.92 Å². The molecule has 1 amide bonds. The number of carbonyl (C=O) groups excluding carboxylic acids is 1. The quantitative estimate of drug-likeness (QED) is 0.449. The first-order valence-electron chi connectivity index (χ1n) is 8.99. The van der Waals surface area contributed by atoms with Gasteiger partial charge in [0.2, 0.25) is 5.91 Å². The number of aromatic amines is 1. The lowest BCUT2D eigenvalue weighted by atomic mass is 10.2. The Morgan fingerprint density at radius 3 is 2.54 bits per heavy atom. The van der Waals surface area contributed by atoms with Gasteiger partial charge in [0.15, 0.2) is 5.82 Å². The average molecular weight is 372 g/mol. The normalized spacial score (nSPS) is 10.6. The summed E-state index contributed by atoms with van der Waals surface area (Å²) in [6.07, 6.45) is 0. The first kappa shape index (κ1) is 17.6. The molecule has 0 fully saturated rings. The van der Waals surface area contributed by atoms with Crippen LogP contribution in [0.2, 0.25) is 0 Å². The Hall–Kier alpha value is -3.80. The summed E-state index contributed by atoms with van der Waals surface area (Å²) in [6.45, 7) is 2.09. The summed E-state index contributed by atoms with van der Waals surface area (Å²) in [5, 5.41) is 14.5. The monoisotopic (exact) mass is 372 g/mol. The van der Waals surface area contributed by atoms with E-state index in [2.05, 4.69) is 20.8 Å². The predicted octanol–water partition coefficient (Wildman–Crippen LogP) is 4.93. The molecular weight excluding hydrogens is 352 g/mol. The number of hydrogen-bond donors (Lipinski definition) is 3. The molecule has 4 rings (SSSR count). The molecule has 6 nitrogen and oxygen atoms in total. The highest BCUT2D eigenvalue weighted by Crippen LogP contribution is 2.33. The first-order valence-corrected chi connectivity index (χ1v) is 8.99. The molecule has 0 saturated heterocycles. The van der Waals surface area contributed by atoms with Crippen LogP contribution in [-0.4, -0.2) is 16.1 Å². The maximum atomic E-state index is 11.1. The molecule has 0 saturated carbocycles. The van der Waals surface area contributed by atoms with Crippen molar-refractivity contribution in [3.05, 3.63) is 78.4 Å². The van der Waals surface area contributed by atoms with Gasteiger partial charge in [-0.15, -0.1) is 0 Å². The second-order valence-corrected chi connectivity index (χ2v) is 6.40. The Morgan fingerprint density at radius 1 is 1.00 bits per heavy atom. The lowest BCUT2D eigenvalue weighted by Gasteiger charge is -2.09. The van der Waals surface area contributed by atoms with Crippen molar-refractivity contribution in [1.29, 1.82) is 0 Å². The van der Waals surface area contributed by atoms with Crippen LogP contribution in [0.1, 0.15) is 12.5 Å². The van der Waals surface area contributed by atoms with Gasteiger partial charge >= 0.3 is 0 Å². The van der Waals surface area contributed by atoms with Crippen molar-refractivity contribution in [2.24, 2.45) is 0 Å². The number of rotatable bonds is 6. The summed E-state index contributed by atoms with van der Waals surface area (Å²) >= 11 is 0. The van der Waals surface area contributed by atoms with E-state index in [4.69, 9.17) is 4.74 Å². The Labute approximate surface area is 162 Å². The number of nitrogens with zero attached hydrogens (tertiary/aromatic N) is 1. The summed E-state index contributed by atoms with van der Waals surface area (Å²) < 4.78 is 6.06. The van der Waals surface area contributed by atoms with Crippen molar-refractivity contribution < 1.29 is 9.53 Å². The van der Waals surface area contributed by atoms with E-state index >= 15 is 0 Å². The number of nitrogens with one attached hydrogen (secondary N) is 3. The van der Waals surface area contributed by atoms with Crippen LogP contribution in [-0.2, 0) is 11.3 Å². The highest BCUT2D eigenvalue weighted by molar-refractivity contribution is 5.95. The second kappa shape index (κ2) is 7.84. The fourth-order valence-corrected chi connectivity index (χ4v) is 2.96. The Kier molecular flexibility index (Phi) is 4.93. The van der Waals surface area contributed by atoms with Crippen LogP contribution in [0, 0.1) is 0 Å². The molecule has 1 aromatic heterocycles. The Morgan fingerprint density at radius 2 is 1.79 bits per heavy atom. The van der Waals surface area contributed by atoms with Crippen LogP contribution in [0.5, 0.6) is 11.5 Å². The molecule has 0 aliphatic rings. The van der Waals surface area contributed by atoms with Gasteiger partial charge in [-0.2, -0.15) is 5.10 Å². The van der Waals surface area contributed by atoms with E-state index in [0.717, 1.165) is 39.5 Å². The van der Waals surface area contributed by atoms with Crippen LogP contribution in [0.25, 0.3) is 10.9 Å². The van der Waals surface area contributed by atoms with E-state index in [0.29, 0.717) is 6.54 Å². The highest BCUT2D eigenvalue weighted by atomic mass is 16.5. The van der Waals surface area contributed by atoms with Crippen molar-refractivity contribution in [2.75, 3.05) is 10.6 Å². The Balaban J connectivity index is 1.53. The summed E-state index contributed by atoms with van der Waals surface area (Å²) in [5.74, 6) is 2.16. The third-order valence-corrected chi connectivity index (χ3v) is 4.26. The van der Waals surface area contributed by atoms with Crippen molar-refractivity contribution in [2.45, 2.75) is 13.5 Å². The maximum Gasteiger partial charge on any atom is 0.221 e. The number of benzene rings is 3. The maximum absolute atomic E-state index is 11.1. The topological polar surface area (TPSA) is 79.0 Å². The van der Waals surface area contributed by atoms with Crippen LogP contribution in [0.15, 0.2) is 72.8 Å². The van der Waals surface area contributed by atoms with E-state index in [-0.39, 0.29) is 5.91 Å². The predicted molar refractivity (Wildman–Crippen MR) is 111 cm³/mol. The zero-order valence-corrected chi connectivity index (χ0v) is 15.4. The summed E-state index contributed by atoms with van der Waals surface area (Å²) in [5.41, 5.74) is 2.75. The van der Waals surface area contributed by atoms with Crippen LogP contribution in [0.3, 0.4) is 0 Å². The van der Waals surface area contributed by atoms with E-state index < -0.39 is 0 Å². The molecule has 0 bridgehead atoms. The van der Waals surface area contributed by atoms with Gasteiger partial charge in [-0.25, -0.2) is 0 Å². The number of anilines is 2. The average Bonchev–Trinajstić information content (AvgIpc) is 3.12. The molecule has 0 unspecified atom stereocenters. The van der Waals surface area contributed by atoms with Crippen molar-refractivity contribution in [3.63, 3.8) is 0 Å². The van der Waals surface area contributed by atoms with Crippen LogP contribution >= 0.6 is 0 Å². The molecule has 0 aliphatic carbocycles. The van der Waals surface area contributed by atoms with Gasteiger partial charge in [0, 0.05) is 19.2 Å². The van der Waals surface area contributed by atoms with Crippen molar-refractivity contribution in [3.8, 4) is 11.5 Å². The number of carbonyl (C=O) groups is 1. The lowest BCUT2D eigenvalue weighted by molar-refractivity contribution is -0.114. The molecule has 28 heavy (non-hydrogen) atoms. The van der Waals surface area contributed by atoms with Crippen LogP contribution < -0.4 is 15.4 Å².